The van der Waals surface area contributed by atoms with Crippen molar-refractivity contribution < 1.29 is 9.72 Å². The maximum Gasteiger partial charge on any atom is 0.287 e. The molecular weight excluding hydrogens is 274 g/mol. The number of nitrogens with one attached hydrogen (secondary N) is 1. The van der Waals surface area contributed by atoms with Crippen LogP contribution in [-0.2, 0) is 4.79 Å². The Balaban J connectivity index is 1.84. The molecule has 0 aliphatic carbocycles. The molecule has 1 saturated heterocycles. The summed E-state index contributed by atoms with van der Waals surface area (Å²) in [5.41, 5.74) is 5.36. The van der Waals surface area contributed by atoms with Gasteiger partial charge in [0.2, 0.25) is 5.91 Å². The molecule has 1 amide bonds. The van der Waals surface area contributed by atoms with E-state index in [0.717, 1.165) is 6.42 Å². The lowest BCUT2D eigenvalue weighted by molar-refractivity contribution is -0.385. The van der Waals surface area contributed by atoms with Gasteiger partial charge in [-0.05, 0) is 25.5 Å². The first-order valence-electron chi connectivity index (χ1n) is 6.95. The van der Waals surface area contributed by atoms with Gasteiger partial charge in [0.05, 0.1) is 4.92 Å². The number of pyridine rings is 1. The Morgan fingerprint density at radius 3 is 3.00 bits per heavy atom. The second-order valence-corrected chi connectivity index (χ2v) is 5.02. The first-order chi connectivity index (χ1) is 10.1. The van der Waals surface area contributed by atoms with Crippen molar-refractivity contribution in [3.8, 4) is 0 Å². The van der Waals surface area contributed by atoms with Gasteiger partial charge in [0.15, 0.2) is 0 Å². The minimum atomic E-state index is -0.482. The second kappa shape index (κ2) is 6.98. The highest BCUT2D eigenvalue weighted by Gasteiger charge is 2.25. The summed E-state index contributed by atoms with van der Waals surface area (Å²) >= 11 is 0. The van der Waals surface area contributed by atoms with Gasteiger partial charge in [-0.2, -0.15) is 0 Å². The Hall–Kier alpha value is -2.22. The normalized spacial score (nSPS) is 17.8. The number of rotatable bonds is 6. The molecule has 2 rings (SSSR count). The molecule has 1 atom stereocenters. The molecule has 21 heavy (non-hydrogen) atoms. The van der Waals surface area contributed by atoms with E-state index < -0.39 is 4.92 Å². The van der Waals surface area contributed by atoms with Crippen LogP contribution in [0.1, 0.15) is 19.3 Å². The molecule has 0 aromatic carbocycles. The van der Waals surface area contributed by atoms with Crippen molar-refractivity contribution in [2.45, 2.75) is 25.3 Å². The van der Waals surface area contributed by atoms with Crippen molar-refractivity contribution in [2.24, 2.45) is 5.73 Å². The number of nitrogens with two attached hydrogens (primary N) is 1. The minimum Gasteiger partial charge on any atom is -0.365 e. The molecule has 8 nitrogen and oxygen atoms in total. The van der Waals surface area contributed by atoms with E-state index in [1.807, 2.05) is 4.90 Å². The smallest absolute Gasteiger partial charge is 0.287 e. The predicted octanol–water partition coefficient (Wildman–Crippen LogP) is 0.742. The predicted molar refractivity (Wildman–Crippen MR) is 77.8 cm³/mol. The number of aromatic nitrogens is 1. The van der Waals surface area contributed by atoms with Gasteiger partial charge < -0.3 is 16.0 Å². The third-order valence-electron chi connectivity index (χ3n) is 3.45. The molecule has 1 fully saturated rings. The number of amides is 1. The molecule has 0 bridgehead atoms. The van der Waals surface area contributed by atoms with Crippen molar-refractivity contribution in [3.63, 3.8) is 0 Å². The van der Waals surface area contributed by atoms with Crippen LogP contribution >= 0.6 is 0 Å². The van der Waals surface area contributed by atoms with Gasteiger partial charge >= 0.3 is 0 Å². The lowest BCUT2D eigenvalue weighted by Crippen LogP contribution is -2.31. The van der Waals surface area contributed by atoms with E-state index in [9.17, 15) is 14.9 Å². The van der Waals surface area contributed by atoms with Crippen LogP contribution in [0, 0.1) is 10.1 Å². The molecule has 1 aromatic heterocycles. The van der Waals surface area contributed by atoms with E-state index in [0.29, 0.717) is 38.3 Å². The Kier molecular flexibility index (Phi) is 5.04. The number of hydrogen-bond donors (Lipinski definition) is 2. The van der Waals surface area contributed by atoms with Crippen molar-refractivity contribution in [1.82, 2.24) is 9.88 Å². The van der Waals surface area contributed by atoms with Crippen LogP contribution in [0.15, 0.2) is 18.3 Å². The van der Waals surface area contributed by atoms with Crippen molar-refractivity contribution in [3.05, 3.63) is 28.4 Å². The highest BCUT2D eigenvalue weighted by Crippen LogP contribution is 2.17. The monoisotopic (exact) mass is 293 g/mol. The van der Waals surface area contributed by atoms with Crippen molar-refractivity contribution in [2.75, 3.05) is 25.0 Å². The SMILES string of the molecule is NCCCC(=O)N1CCC(Nc2ccc([N+](=O)[O-])cn2)C1. The van der Waals surface area contributed by atoms with Crippen LogP contribution in [0.4, 0.5) is 11.5 Å². The number of anilines is 1. The number of hydrogen-bond acceptors (Lipinski definition) is 6. The average molecular weight is 293 g/mol. The van der Waals surface area contributed by atoms with Gasteiger partial charge in [-0.1, -0.05) is 0 Å². The molecule has 0 spiro atoms. The van der Waals surface area contributed by atoms with Crippen LogP contribution in [0.25, 0.3) is 0 Å². The first-order valence-corrected chi connectivity index (χ1v) is 6.95. The fourth-order valence-corrected chi connectivity index (χ4v) is 2.30. The van der Waals surface area contributed by atoms with Crippen LogP contribution in [0.2, 0.25) is 0 Å². The van der Waals surface area contributed by atoms with Gasteiger partial charge in [0.1, 0.15) is 12.0 Å². The summed E-state index contributed by atoms with van der Waals surface area (Å²) < 4.78 is 0. The van der Waals surface area contributed by atoms with E-state index in [4.69, 9.17) is 5.73 Å². The lowest BCUT2D eigenvalue weighted by atomic mass is 10.2. The Bertz CT molecular complexity index is 505. The minimum absolute atomic E-state index is 0.0365. The van der Waals surface area contributed by atoms with Crippen LogP contribution in [-0.4, -0.2) is 46.4 Å². The van der Waals surface area contributed by atoms with E-state index in [1.54, 1.807) is 6.07 Å². The maximum absolute atomic E-state index is 11.9. The number of nitro groups is 1. The van der Waals surface area contributed by atoms with Gasteiger partial charge in [-0.25, -0.2) is 4.98 Å². The Labute approximate surface area is 122 Å². The van der Waals surface area contributed by atoms with Crippen molar-refractivity contribution in [1.29, 1.82) is 0 Å². The molecule has 114 valence electrons. The van der Waals surface area contributed by atoms with E-state index >= 15 is 0 Å². The summed E-state index contributed by atoms with van der Waals surface area (Å²) in [5, 5.41) is 13.7. The molecule has 2 heterocycles. The highest BCUT2D eigenvalue weighted by atomic mass is 16.6. The van der Waals surface area contributed by atoms with Gasteiger partial charge in [0, 0.05) is 31.6 Å². The third kappa shape index (κ3) is 4.12. The summed E-state index contributed by atoms with van der Waals surface area (Å²) in [7, 11) is 0. The fraction of sp³-hybridized carbons (Fsp3) is 0.538. The molecule has 8 heteroatoms. The molecule has 1 unspecified atom stereocenters. The standard InChI is InChI=1S/C13H19N5O3/c14-6-1-2-13(19)17-7-5-10(9-17)16-12-4-3-11(8-15-12)18(20)21/h3-4,8,10H,1-2,5-7,9,14H2,(H,15,16). The molecule has 1 aliphatic heterocycles. The molecular formula is C13H19N5O3. The molecule has 1 aliphatic rings. The van der Waals surface area contributed by atoms with E-state index in [-0.39, 0.29) is 17.6 Å². The summed E-state index contributed by atoms with van der Waals surface area (Å²) in [4.78, 5) is 27.8. The topological polar surface area (TPSA) is 114 Å². The number of nitrogens with zero attached hydrogens (tertiary/aromatic N) is 3. The summed E-state index contributed by atoms with van der Waals surface area (Å²) in [6.45, 7) is 1.87. The zero-order chi connectivity index (χ0) is 15.2. The average Bonchev–Trinajstić information content (AvgIpc) is 2.94. The fourth-order valence-electron chi connectivity index (χ4n) is 2.30. The first kappa shape index (κ1) is 15.2. The molecule has 3 N–H and O–H groups in total. The van der Waals surface area contributed by atoms with Gasteiger partial charge in [-0.3, -0.25) is 14.9 Å². The summed E-state index contributed by atoms with van der Waals surface area (Å²) in [6, 6.07) is 3.12. The van der Waals surface area contributed by atoms with Gasteiger partial charge in [0.25, 0.3) is 5.69 Å². The van der Waals surface area contributed by atoms with Gasteiger partial charge in [-0.15, -0.1) is 0 Å². The van der Waals surface area contributed by atoms with Crippen molar-refractivity contribution >= 4 is 17.4 Å². The summed E-state index contributed by atoms with van der Waals surface area (Å²) in [6.07, 6.45) is 3.25. The maximum atomic E-state index is 11.9. The van der Waals surface area contributed by atoms with Crippen LogP contribution < -0.4 is 11.1 Å². The lowest BCUT2D eigenvalue weighted by Gasteiger charge is -2.17. The Morgan fingerprint density at radius 1 is 1.57 bits per heavy atom. The summed E-state index contributed by atoms with van der Waals surface area (Å²) in [5.74, 6) is 0.711. The zero-order valence-electron chi connectivity index (χ0n) is 11.7. The highest BCUT2D eigenvalue weighted by molar-refractivity contribution is 5.76. The van der Waals surface area contributed by atoms with E-state index in [1.165, 1.54) is 12.3 Å². The molecule has 0 radical (unpaired) electrons. The van der Waals surface area contributed by atoms with E-state index in [2.05, 4.69) is 10.3 Å². The molecule has 1 aromatic rings. The number of likely N-dealkylation sites (tertiary alicyclic amines) is 1. The molecule has 0 saturated carbocycles. The third-order valence-corrected chi connectivity index (χ3v) is 3.45. The largest absolute Gasteiger partial charge is 0.365 e. The Morgan fingerprint density at radius 2 is 2.38 bits per heavy atom. The van der Waals surface area contributed by atoms with Crippen LogP contribution in [0.5, 0.6) is 0 Å². The zero-order valence-corrected chi connectivity index (χ0v) is 11.7. The van der Waals surface area contributed by atoms with Crippen LogP contribution in [0.3, 0.4) is 0 Å². The second-order valence-electron chi connectivity index (χ2n) is 5.02. The quantitative estimate of drug-likeness (QED) is 0.590. The number of carbonyl (C=O) groups excluding carboxylic acids is 1. The number of carbonyl (C=O) groups is 1.